The third-order valence-corrected chi connectivity index (χ3v) is 4.36. The van der Waals surface area contributed by atoms with E-state index < -0.39 is 11.7 Å². The lowest BCUT2D eigenvalue weighted by Crippen LogP contribution is -2.25. The molecule has 1 aliphatic carbocycles. The van der Waals surface area contributed by atoms with E-state index in [0.29, 0.717) is 0 Å². The number of aromatic nitrogens is 3. The number of benzene rings is 1. The lowest BCUT2D eigenvalue weighted by Gasteiger charge is -2.17. The molecule has 2 heterocycles. The molecule has 3 atom stereocenters. The van der Waals surface area contributed by atoms with Gasteiger partial charge < -0.3 is 0 Å². The Morgan fingerprint density at radius 2 is 1.95 bits per heavy atom. The first-order valence-corrected chi connectivity index (χ1v) is 7.21. The highest BCUT2D eigenvalue weighted by atomic mass is 19.1. The quantitative estimate of drug-likeness (QED) is 0.812. The van der Waals surface area contributed by atoms with Gasteiger partial charge in [0.1, 0.15) is 13.4 Å². The number of hydrogen-bond acceptors (Lipinski definition) is 2. The summed E-state index contributed by atoms with van der Waals surface area (Å²) in [6, 6.07) is 9.28. The van der Waals surface area contributed by atoms with E-state index in [2.05, 4.69) is 10.1 Å². The molecule has 0 N–H and O–H groups in total. The molecule has 1 aliphatic heterocycles. The van der Waals surface area contributed by atoms with Gasteiger partial charge in [-0.3, -0.25) is 0 Å². The van der Waals surface area contributed by atoms with E-state index >= 15 is 0 Å². The summed E-state index contributed by atoms with van der Waals surface area (Å²) in [5, 5.41) is 4.20. The number of rotatable bonds is 3. The number of alkyl halides is 2. The summed E-state index contributed by atoms with van der Waals surface area (Å²) in [4.78, 5) is 4.06. The van der Waals surface area contributed by atoms with Crippen LogP contribution in [0.25, 0.3) is 0 Å². The lowest BCUT2D eigenvalue weighted by molar-refractivity contribution is 0.227. The van der Waals surface area contributed by atoms with E-state index in [1.54, 1.807) is 0 Å². The second-order valence-electron chi connectivity index (χ2n) is 5.91. The zero-order valence-electron chi connectivity index (χ0n) is 11.4. The molecule has 4 rings (SSSR count). The fourth-order valence-corrected chi connectivity index (χ4v) is 2.98. The van der Waals surface area contributed by atoms with Crippen molar-refractivity contribution in [2.45, 2.75) is 37.0 Å². The molecule has 0 amide bonds. The summed E-state index contributed by atoms with van der Waals surface area (Å²) < 4.78 is 30.2. The zero-order chi connectivity index (χ0) is 14.6. The van der Waals surface area contributed by atoms with Crippen molar-refractivity contribution in [2.24, 2.45) is 5.92 Å². The second kappa shape index (κ2) is 4.39. The minimum atomic E-state index is -2.04. The van der Waals surface area contributed by atoms with Gasteiger partial charge in [-0.1, -0.05) is 30.3 Å². The molecule has 2 radical (unpaired) electrons. The van der Waals surface area contributed by atoms with Gasteiger partial charge >= 0.3 is 0 Å². The summed E-state index contributed by atoms with van der Waals surface area (Å²) >= 11 is 0. The molecule has 0 saturated heterocycles. The molecule has 6 heteroatoms. The maximum Gasteiger partial charge on any atom is 0.178 e. The molecule has 1 saturated carbocycles. The highest BCUT2D eigenvalue weighted by molar-refractivity contribution is 6.14. The van der Waals surface area contributed by atoms with Gasteiger partial charge in [-0.15, -0.1) is 0 Å². The number of nitrogens with zero attached hydrogens (tertiary/aromatic N) is 3. The number of halogens is 2. The van der Waals surface area contributed by atoms with Gasteiger partial charge in [0.15, 0.2) is 17.8 Å². The van der Waals surface area contributed by atoms with Crippen LogP contribution in [-0.4, -0.2) is 22.6 Å². The normalized spacial score (nSPS) is 27.3. The van der Waals surface area contributed by atoms with E-state index in [0.717, 1.165) is 18.4 Å². The van der Waals surface area contributed by atoms with Crippen LogP contribution in [0.15, 0.2) is 30.3 Å². The first-order chi connectivity index (χ1) is 10.1. The molecule has 0 spiro atoms. The van der Waals surface area contributed by atoms with Crippen LogP contribution >= 0.6 is 0 Å². The van der Waals surface area contributed by atoms with Crippen LogP contribution in [0, 0.1) is 5.92 Å². The van der Waals surface area contributed by atoms with Crippen molar-refractivity contribution in [3.8, 4) is 0 Å². The number of hydrogen-bond donors (Lipinski definition) is 0. The molecule has 2 aromatic rings. The average Bonchev–Trinajstić information content (AvgIpc) is 3.17. The molecule has 1 fully saturated rings. The van der Waals surface area contributed by atoms with Gasteiger partial charge in [-0.25, -0.2) is 18.4 Å². The van der Waals surface area contributed by atoms with E-state index in [4.69, 9.17) is 7.85 Å². The Kier molecular flexibility index (Phi) is 2.71. The third-order valence-electron chi connectivity index (χ3n) is 4.36. The van der Waals surface area contributed by atoms with E-state index in [1.807, 2.05) is 30.3 Å². The smallest absolute Gasteiger partial charge is 0.178 e. The minimum absolute atomic E-state index is 0.0803. The SMILES string of the molecule is [B][C@](F)(c1nc2n(n1)[C@H](c1ccccc1)C[C@@H]2F)C1CC1. The largest absolute Gasteiger partial charge is 0.246 e. The van der Waals surface area contributed by atoms with E-state index in [1.165, 1.54) is 4.68 Å². The second-order valence-corrected chi connectivity index (χ2v) is 5.91. The van der Waals surface area contributed by atoms with Crippen LogP contribution in [0.3, 0.4) is 0 Å². The van der Waals surface area contributed by atoms with Crippen molar-refractivity contribution in [2.75, 3.05) is 0 Å². The van der Waals surface area contributed by atoms with Crippen LogP contribution in [0.1, 0.15) is 48.7 Å². The summed E-state index contributed by atoms with van der Waals surface area (Å²) in [5.74, 6) is -0.135. The minimum Gasteiger partial charge on any atom is -0.246 e. The Labute approximate surface area is 122 Å². The molecule has 0 bridgehead atoms. The third kappa shape index (κ3) is 2.00. The Morgan fingerprint density at radius 3 is 2.62 bits per heavy atom. The van der Waals surface area contributed by atoms with Crippen molar-refractivity contribution in [3.05, 3.63) is 47.5 Å². The first-order valence-electron chi connectivity index (χ1n) is 7.21. The van der Waals surface area contributed by atoms with Crippen LogP contribution < -0.4 is 0 Å². The van der Waals surface area contributed by atoms with E-state index in [9.17, 15) is 8.78 Å². The van der Waals surface area contributed by atoms with Crippen molar-refractivity contribution in [1.29, 1.82) is 0 Å². The topological polar surface area (TPSA) is 30.7 Å². The predicted molar refractivity (Wildman–Crippen MR) is 74.3 cm³/mol. The van der Waals surface area contributed by atoms with Crippen molar-refractivity contribution in [1.82, 2.24) is 14.8 Å². The Morgan fingerprint density at radius 1 is 1.24 bits per heavy atom. The average molecular weight is 285 g/mol. The monoisotopic (exact) mass is 285 g/mol. The highest BCUT2D eigenvalue weighted by Gasteiger charge is 2.47. The molecule has 21 heavy (non-hydrogen) atoms. The van der Waals surface area contributed by atoms with Gasteiger partial charge in [-0.2, -0.15) is 5.10 Å². The van der Waals surface area contributed by atoms with Gasteiger partial charge in [0.25, 0.3) is 0 Å². The van der Waals surface area contributed by atoms with Crippen LogP contribution in [-0.2, 0) is 5.57 Å². The molecule has 106 valence electrons. The van der Waals surface area contributed by atoms with Gasteiger partial charge in [0, 0.05) is 6.42 Å². The standard InChI is InChI=1S/C15H14BF2N3/c16-15(18,10-6-7-10)14-19-13-11(17)8-12(21(13)20-14)9-4-2-1-3-5-9/h1-5,10-12H,6-8H2/t11-,12-,15+/m0/s1. The summed E-state index contributed by atoms with van der Waals surface area (Å²) in [6.07, 6.45) is 0.523. The molecule has 0 unspecified atom stereocenters. The van der Waals surface area contributed by atoms with E-state index in [-0.39, 0.29) is 30.0 Å². The summed E-state index contributed by atoms with van der Waals surface area (Å²) in [5.41, 5.74) is -1.10. The van der Waals surface area contributed by atoms with Gasteiger partial charge in [0.2, 0.25) is 0 Å². The molecular formula is C15H14BF2N3. The number of fused-ring (bicyclic) bond motifs is 1. The van der Waals surface area contributed by atoms with Crippen LogP contribution in [0.2, 0.25) is 0 Å². The molecule has 2 aliphatic rings. The van der Waals surface area contributed by atoms with Gasteiger partial charge in [-0.05, 0) is 24.3 Å². The fourth-order valence-electron chi connectivity index (χ4n) is 2.98. The maximum atomic E-state index is 14.5. The zero-order valence-corrected chi connectivity index (χ0v) is 11.4. The fraction of sp³-hybridized carbons (Fsp3) is 0.467. The van der Waals surface area contributed by atoms with Crippen molar-refractivity contribution in [3.63, 3.8) is 0 Å². The summed E-state index contributed by atoms with van der Waals surface area (Å²) in [6.45, 7) is 0. The Hall–Kier alpha value is -1.72. The highest BCUT2D eigenvalue weighted by Crippen LogP contribution is 2.47. The molecule has 1 aromatic carbocycles. The molecule has 1 aromatic heterocycles. The van der Waals surface area contributed by atoms with Crippen molar-refractivity contribution >= 4 is 7.85 Å². The van der Waals surface area contributed by atoms with Gasteiger partial charge in [0.05, 0.1) is 6.04 Å². The van der Waals surface area contributed by atoms with Crippen LogP contribution in [0.4, 0.5) is 8.78 Å². The Bertz CT molecular complexity index is 667. The molecule has 3 nitrogen and oxygen atoms in total. The summed E-state index contributed by atoms with van der Waals surface area (Å²) in [7, 11) is 5.71. The molecular weight excluding hydrogens is 271 g/mol. The van der Waals surface area contributed by atoms with Crippen LogP contribution in [0.5, 0.6) is 0 Å². The Balaban J connectivity index is 1.74. The predicted octanol–water partition coefficient (Wildman–Crippen LogP) is 2.98. The first kappa shape index (κ1) is 13.0. The maximum absolute atomic E-state index is 14.5. The lowest BCUT2D eigenvalue weighted by atomic mass is 9.78. The van der Waals surface area contributed by atoms with Crippen molar-refractivity contribution < 1.29 is 8.78 Å².